The van der Waals surface area contributed by atoms with E-state index in [-0.39, 0.29) is 10.7 Å². The highest BCUT2D eigenvalue weighted by molar-refractivity contribution is 6.47. The second kappa shape index (κ2) is 6.81. The van der Waals surface area contributed by atoms with Gasteiger partial charge >= 0.3 is 11.8 Å². The number of carbonyl (C=O) groups excluding carboxylic acids is 2. The molecule has 0 atom stereocenters. The highest BCUT2D eigenvalue weighted by atomic mass is 35.5. The van der Waals surface area contributed by atoms with E-state index in [0.29, 0.717) is 10.7 Å². The fourth-order valence-corrected chi connectivity index (χ4v) is 2.36. The SMILES string of the molecule is Cc1cc(C)cc(NC(=O)C(=O)Nc2cccc(Cl)c2Cl)c1. The van der Waals surface area contributed by atoms with Gasteiger partial charge in [0.25, 0.3) is 0 Å². The van der Waals surface area contributed by atoms with Crippen LogP contribution in [0.25, 0.3) is 0 Å². The number of anilines is 2. The summed E-state index contributed by atoms with van der Waals surface area (Å²) >= 11 is 11.8. The molecule has 0 bridgehead atoms. The van der Waals surface area contributed by atoms with E-state index in [9.17, 15) is 9.59 Å². The molecule has 0 aliphatic rings. The van der Waals surface area contributed by atoms with Gasteiger partial charge in [-0.15, -0.1) is 0 Å². The maximum atomic E-state index is 11.9. The van der Waals surface area contributed by atoms with Crippen molar-refractivity contribution in [2.24, 2.45) is 0 Å². The Morgan fingerprint density at radius 2 is 1.50 bits per heavy atom. The maximum absolute atomic E-state index is 11.9. The Labute approximate surface area is 138 Å². The van der Waals surface area contributed by atoms with Gasteiger partial charge in [0, 0.05) is 5.69 Å². The molecule has 2 N–H and O–H groups in total. The van der Waals surface area contributed by atoms with E-state index in [4.69, 9.17) is 23.2 Å². The molecule has 4 nitrogen and oxygen atoms in total. The van der Waals surface area contributed by atoms with E-state index in [2.05, 4.69) is 10.6 Å². The predicted octanol–water partition coefficient (Wildman–Crippen LogP) is 4.19. The predicted molar refractivity (Wildman–Crippen MR) is 89.6 cm³/mol. The Balaban J connectivity index is 2.09. The van der Waals surface area contributed by atoms with Gasteiger partial charge in [-0.25, -0.2) is 0 Å². The Morgan fingerprint density at radius 3 is 2.14 bits per heavy atom. The number of benzene rings is 2. The lowest BCUT2D eigenvalue weighted by Crippen LogP contribution is -2.29. The highest BCUT2D eigenvalue weighted by Gasteiger charge is 2.16. The van der Waals surface area contributed by atoms with Crippen molar-refractivity contribution in [1.29, 1.82) is 0 Å². The van der Waals surface area contributed by atoms with Crippen molar-refractivity contribution < 1.29 is 9.59 Å². The zero-order valence-corrected chi connectivity index (χ0v) is 13.5. The van der Waals surface area contributed by atoms with Crippen molar-refractivity contribution in [3.05, 3.63) is 57.6 Å². The van der Waals surface area contributed by atoms with Crippen LogP contribution in [-0.4, -0.2) is 11.8 Å². The molecule has 2 amide bonds. The summed E-state index contributed by atoms with van der Waals surface area (Å²) < 4.78 is 0. The number of carbonyl (C=O) groups is 2. The number of aryl methyl sites for hydroxylation is 2. The number of hydrogen-bond donors (Lipinski definition) is 2. The summed E-state index contributed by atoms with van der Waals surface area (Å²) in [6, 6.07) is 10.3. The lowest BCUT2D eigenvalue weighted by atomic mass is 10.1. The first-order chi connectivity index (χ1) is 10.4. The van der Waals surface area contributed by atoms with E-state index >= 15 is 0 Å². The molecule has 0 saturated heterocycles. The fraction of sp³-hybridized carbons (Fsp3) is 0.125. The van der Waals surface area contributed by atoms with Gasteiger partial charge in [0.2, 0.25) is 0 Å². The molecule has 114 valence electrons. The molecule has 0 aliphatic heterocycles. The van der Waals surface area contributed by atoms with E-state index in [1.807, 2.05) is 19.9 Å². The standard InChI is InChI=1S/C16H14Cl2N2O2/c1-9-6-10(2)8-11(7-9)19-15(21)16(22)20-13-5-3-4-12(17)14(13)18/h3-8H,1-2H3,(H,19,21)(H,20,22). The Kier molecular flexibility index (Phi) is 5.06. The molecule has 2 rings (SSSR count). The summed E-state index contributed by atoms with van der Waals surface area (Å²) in [5, 5.41) is 5.48. The molecular formula is C16H14Cl2N2O2. The van der Waals surface area contributed by atoms with Crippen LogP contribution >= 0.6 is 23.2 Å². The van der Waals surface area contributed by atoms with Crippen molar-refractivity contribution in [2.75, 3.05) is 10.6 Å². The summed E-state index contributed by atoms with van der Waals surface area (Å²) in [4.78, 5) is 23.9. The molecule has 0 fully saturated rings. The van der Waals surface area contributed by atoms with Crippen LogP contribution in [0.1, 0.15) is 11.1 Å². The molecule has 0 aliphatic carbocycles. The van der Waals surface area contributed by atoms with E-state index in [1.165, 1.54) is 0 Å². The molecule has 2 aromatic carbocycles. The Hall–Kier alpha value is -2.04. The molecule has 0 spiro atoms. The monoisotopic (exact) mass is 336 g/mol. The molecule has 6 heteroatoms. The van der Waals surface area contributed by atoms with Gasteiger partial charge in [-0.05, 0) is 49.2 Å². The number of hydrogen-bond acceptors (Lipinski definition) is 2. The topological polar surface area (TPSA) is 58.2 Å². The van der Waals surface area contributed by atoms with Gasteiger partial charge in [-0.2, -0.15) is 0 Å². The first-order valence-electron chi connectivity index (χ1n) is 6.51. The molecule has 0 unspecified atom stereocenters. The summed E-state index contributed by atoms with van der Waals surface area (Å²) in [6.45, 7) is 3.82. The zero-order valence-electron chi connectivity index (χ0n) is 12.0. The summed E-state index contributed by atoms with van der Waals surface area (Å²) in [5.74, 6) is -1.59. The number of nitrogens with one attached hydrogen (secondary N) is 2. The van der Waals surface area contributed by atoms with Gasteiger partial charge < -0.3 is 10.6 Å². The molecular weight excluding hydrogens is 323 g/mol. The van der Waals surface area contributed by atoms with Crippen LogP contribution in [0, 0.1) is 13.8 Å². The van der Waals surface area contributed by atoms with Gasteiger partial charge in [-0.1, -0.05) is 35.3 Å². The Morgan fingerprint density at radius 1 is 0.909 bits per heavy atom. The van der Waals surface area contributed by atoms with E-state index in [0.717, 1.165) is 11.1 Å². The second-order valence-electron chi connectivity index (χ2n) is 4.89. The maximum Gasteiger partial charge on any atom is 0.314 e. The number of amides is 2. The summed E-state index contributed by atoms with van der Waals surface area (Å²) in [6.07, 6.45) is 0. The Bertz CT molecular complexity index is 725. The van der Waals surface area contributed by atoms with Crippen LogP contribution in [0.5, 0.6) is 0 Å². The van der Waals surface area contributed by atoms with Crippen LogP contribution in [0.4, 0.5) is 11.4 Å². The van der Waals surface area contributed by atoms with Gasteiger partial charge in [0.15, 0.2) is 0 Å². The highest BCUT2D eigenvalue weighted by Crippen LogP contribution is 2.29. The molecule has 0 radical (unpaired) electrons. The smallest absolute Gasteiger partial charge is 0.314 e. The summed E-state index contributed by atoms with van der Waals surface area (Å²) in [5.41, 5.74) is 2.84. The third kappa shape index (κ3) is 4.00. The first kappa shape index (κ1) is 16.3. The average Bonchev–Trinajstić information content (AvgIpc) is 2.42. The first-order valence-corrected chi connectivity index (χ1v) is 7.27. The van der Waals surface area contributed by atoms with Crippen molar-refractivity contribution in [1.82, 2.24) is 0 Å². The van der Waals surface area contributed by atoms with Crippen molar-refractivity contribution in [2.45, 2.75) is 13.8 Å². The quantitative estimate of drug-likeness (QED) is 0.808. The fourth-order valence-electron chi connectivity index (χ4n) is 2.01. The normalized spacial score (nSPS) is 10.2. The largest absolute Gasteiger partial charge is 0.318 e. The minimum Gasteiger partial charge on any atom is -0.318 e. The van der Waals surface area contributed by atoms with Crippen LogP contribution in [0.2, 0.25) is 10.0 Å². The van der Waals surface area contributed by atoms with Crippen molar-refractivity contribution in [3.63, 3.8) is 0 Å². The van der Waals surface area contributed by atoms with Crippen LogP contribution in [-0.2, 0) is 9.59 Å². The summed E-state index contributed by atoms with van der Waals surface area (Å²) in [7, 11) is 0. The van der Waals surface area contributed by atoms with Crippen molar-refractivity contribution in [3.8, 4) is 0 Å². The third-order valence-electron chi connectivity index (χ3n) is 2.89. The van der Waals surface area contributed by atoms with Gasteiger partial charge in [0.1, 0.15) is 0 Å². The molecule has 22 heavy (non-hydrogen) atoms. The van der Waals surface area contributed by atoms with Crippen LogP contribution in [0.3, 0.4) is 0 Å². The average molecular weight is 337 g/mol. The lowest BCUT2D eigenvalue weighted by molar-refractivity contribution is -0.132. The minimum atomic E-state index is -0.816. The van der Waals surface area contributed by atoms with Gasteiger partial charge in [-0.3, -0.25) is 9.59 Å². The van der Waals surface area contributed by atoms with E-state index < -0.39 is 11.8 Å². The molecule has 2 aromatic rings. The molecule has 0 heterocycles. The zero-order chi connectivity index (χ0) is 16.3. The van der Waals surface area contributed by atoms with Crippen molar-refractivity contribution >= 4 is 46.4 Å². The van der Waals surface area contributed by atoms with Gasteiger partial charge in [0.05, 0.1) is 15.7 Å². The van der Waals surface area contributed by atoms with Crippen LogP contribution < -0.4 is 10.6 Å². The second-order valence-corrected chi connectivity index (χ2v) is 5.67. The van der Waals surface area contributed by atoms with E-state index in [1.54, 1.807) is 30.3 Å². The molecule has 0 aromatic heterocycles. The third-order valence-corrected chi connectivity index (χ3v) is 3.70. The minimum absolute atomic E-state index is 0.191. The van der Waals surface area contributed by atoms with Crippen LogP contribution in [0.15, 0.2) is 36.4 Å². The number of halogens is 2. The molecule has 0 saturated carbocycles. The lowest BCUT2D eigenvalue weighted by Gasteiger charge is -2.09. The number of rotatable bonds is 2.